The highest BCUT2D eigenvalue weighted by Gasteiger charge is 2.37. The number of fused-ring (bicyclic) bond motifs is 12. The van der Waals surface area contributed by atoms with Crippen LogP contribution in [-0.4, -0.2) is 58.1 Å². The van der Waals surface area contributed by atoms with Crippen molar-refractivity contribution in [3.05, 3.63) is 256 Å². The summed E-state index contributed by atoms with van der Waals surface area (Å²) in [5.74, 6) is 1.48. The van der Waals surface area contributed by atoms with Gasteiger partial charge >= 0.3 is 0 Å². The Bertz CT molecular complexity index is 5140. The number of pyridine rings is 5. The SMILES string of the molecule is c1ccc(-c2nc(-c3ccccc3)nc(-c3c(-c4ccncc4)c(-n4c5ccccc5c5ncccc54)c(-n4c5ccccc5c5ncccc54)c(-n4c5ccccc5c5ncccc54)c3-n3c4ccccc4c4ncccc43)n2)cc1. The third kappa shape index (κ3) is 6.66. The van der Waals surface area contributed by atoms with Gasteiger partial charge in [-0.1, -0.05) is 133 Å². The molecule has 12 heteroatoms. The molecule has 382 valence electrons. The Morgan fingerprint density at radius 1 is 0.220 bits per heavy atom. The van der Waals surface area contributed by atoms with Crippen molar-refractivity contribution in [3.63, 3.8) is 0 Å². The third-order valence-corrected chi connectivity index (χ3v) is 15.9. The Labute approximate surface area is 467 Å². The van der Waals surface area contributed by atoms with Crippen LogP contribution in [0.15, 0.2) is 256 Å². The van der Waals surface area contributed by atoms with Crippen LogP contribution in [0, 0.1) is 0 Å². The molecule has 0 fully saturated rings. The Kier molecular flexibility index (Phi) is 10.0. The molecule has 0 N–H and O–H groups in total. The minimum absolute atomic E-state index is 0.445. The van der Waals surface area contributed by atoms with E-state index in [1.165, 1.54) is 0 Å². The summed E-state index contributed by atoms with van der Waals surface area (Å²) in [6, 6.07) is 75.7. The van der Waals surface area contributed by atoms with Crippen LogP contribution in [0.2, 0.25) is 0 Å². The molecule has 0 aliphatic carbocycles. The van der Waals surface area contributed by atoms with Gasteiger partial charge in [0, 0.05) is 75.4 Å². The van der Waals surface area contributed by atoms with E-state index in [0.29, 0.717) is 17.5 Å². The number of benzene rings is 7. The molecule has 0 saturated heterocycles. The highest BCUT2D eigenvalue weighted by Crippen LogP contribution is 2.54. The first-order chi connectivity index (χ1) is 40.8. The van der Waals surface area contributed by atoms with Crippen molar-refractivity contribution in [1.29, 1.82) is 0 Å². The maximum Gasteiger partial charge on any atom is 0.166 e. The molecule has 82 heavy (non-hydrogen) atoms. The lowest BCUT2D eigenvalue weighted by Gasteiger charge is -2.30. The first-order valence-electron chi connectivity index (χ1n) is 27.2. The minimum Gasteiger partial charge on any atom is -0.305 e. The van der Waals surface area contributed by atoms with E-state index in [1.54, 1.807) is 0 Å². The minimum atomic E-state index is 0.445. The Hall–Kier alpha value is -11.5. The fraction of sp³-hybridized carbons (Fsp3) is 0. The zero-order valence-corrected chi connectivity index (χ0v) is 43.6. The quantitative estimate of drug-likeness (QED) is 0.147. The van der Waals surface area contributed by atoms with Crippen LogP contribution in [0.3, 0.4) is 0 Å². The van der Waals surface area contributed by atoms with Crippen molar-refractivity contribution in [2.24, 2.45) is 0 Å². The first-order valence-corrected chi connectivity index (χ1v) is 27.2. The molecule has 0 atom stereocenters. The van der Waals surface area contributed by atoms with Gasteiger partial charge in [0.1, 0.15) is 0 Å². The predicted molar refractivity (Wildman–Crippen MR) is 328 cm³/mol. The van der Waals surface area contributed by atoms with Gasteiger partial charge in [-0.3, -0.25) is 24.9 Å². The van der Waals surface area contributed by atoms with Gasteiger partial charge in [-0.15, -0.1) is 0 Å². The van der Waals surface area contributed by atoms with E-state index in [1.807, 2.05) is 97.8 Å². The van der Waals surface area contributed by atoms with Gasteiger partial charge in [0.25, 0.3) is 0 Å². The Morgan fingerprint density at radius 2 is 0.524 bits per heavy atom. The maximum absolute atomic E-state index is 5.78. The van der Waals surface area contributed by atoms with Gasteiger partial charge in [-0.25, -0.2) is 15.0 Å². The van der Waals surface area contributed by atoms with Gasteiger partial charge < -0.3 is 18.3 Å². The van der Waals surface area contributed by atoms with E-state index in [-0.39, 0.29) is 0 Å². The average Bonchev–Trinajstić information content (AvgIpc) is 2.35. The van der Waals surface area contributed by atoms with Gasteiger partial charge in [-0.2, -0.15) is 0 Å². The summed E-state index contributed by atoms with van der Waals surface area (Å²) in [5, 5.41) is 3.96. The van der Waals surface area contributed by atoms with Gasteiger partial charge in [0.2, 0.25) is 0 Å². The highest BCUT2D eigenvalue weighted by molar-refractivity contribution is 6.17. The molecule has 17 aromatic rings. The fourth-order valence-electron chi connectivity index (χ4n) is 12.6. The van der Waals surface area contributed by atoms with Gasteiger partial charge in [-0.05, 0) is 90.5 Å². The van der Waals surface area contributed by atoms with Gasteiger partial charge in [0.05, 0.1) is 94.5 Å². The van der Waals surface area contributed by atoms with Gasteiger partial charge in [0.15, 0.2) is 17.5 Å². The number of aromatic nitrogens is 12. The lowest BCUT2D eigenvalue weighted by Crippen LogP contribution is -2.17. The van der Waals surface area contributed by atoms with E-state index in [4.69, 9.17) is 39.9 Å². The molecule has 12 nitrogen and oxygen atoms in total. The molecular formula is C70H42N12. The maximum atomic E-state index is 5.78. The summed E-state index contributed by atoms with van der Waals surface area (Å²) in [6.07, 6.45) is 11.3. The zero-order valence-electron chi connectivity index (χ0n) is 43.6. The molecule has 10 aromatic heterocycles. The van der Waals surface area contributed by atoms with Crippen molar-refractivity contribution < 1.29 is 0 Å². The molecule has 0 aliphatic rings. The van der Waals surface area contributed by atoms with E-state index < -0.39 is 0 Å². The summed E-state index contributed by atoms with van der Waals surface area (Å²) < 4.78 is 9.65. The molecule has 17 rings (SSSR count). The van der Waals surface area contributed by atoms with Crippen LogP contribution in [0.4, 0.5) is 0 Å². The summed E-state index contributed by atoms with van der Waals surface area (Å²) in [6.45, 7) is 0. The molecule has 7 aromatic carbocycles. The summed E-state index contributed by atoms with van der Waals surface area (Å²) in [7, 11) is 0. The lowest BCUT2D eigenvalue weighted by molar-refractivity contribution is 1.01. The molecule has 0 spiro atoms. The first kappa shape index (κ1) is 45.5. The second kappa shape index (κ2) is 18.0. The van der Waals surface area contributed by atoms with E-state index in [2.05, 4.69) is 176 Å². The van der Waals surface area contributed by atoms with E-state index >= 15 is 0 Å². The molecule has 0 radical (unpaired) electrons. The molecule has 0 unspecified atom stereocenters. The Balaban J connectivity index is 1.26. The number of rotatable bonds is 8. The average molecular weight is 1050 g/mol. The van der Waals surface area contributed by atoms with Crippen LogP contribution in [0.25, 0.3) is 156 Å². The largest absolute Gasteiger partial charge is 0.305 e. The van der Waals surface area contributed by atoms with Crippen LogP contribution >= 0.6 is 0 Å². The van der Waals surface area contributed by atoms with Crippen LogP contribution in [-0.2, 0) is 0 Å². The van der Waals surface area contributed by atoms with Crippen molar-refractivity contribution >= 4 is 87.7 Å². The molecule has 10 heterocycles. The summed E-state index contributed by atoms with van der Waals surface area (Å²) >= 11 is 0. The second-order valence-electron chi connectivity index (χ2n) is 20.3. The van der Waals surface area contributed by atoms with E-state index in [9.17, 15) is 0 Å². The number of para-hydroxylation sites is 4. The van der Waals surface area contributed by atoms with Crippen LogP contribution in [0.5, 0.6) is 0 Å². The predicted octanol–water partition coefficient (Wildman–Crippen LogP) is 15.9. The van der Waals surface area contributed by atoms with E-state index in [0.717, 1.165) is 138 Å². The summed E-state index contributed by atoms with van der Waals surface area (Å²) in [4.78, 5) is 42.4. The fourth-order valence-corrected chi connectivity index (χ4v) is 12.6. The Morgan fingerprint density at radius 3 is 0.902 bits per heavy atom. The van der Waals surface area contributed by atoms with Crippen molar-refractivity contribution in [1.82, 2.24) is 58.1 Å². The van der Waals surface area contributed by atoms with Crippen LogP contribution in [0.1, 0.15) is 0 Å². The standard InChI is InChI=1S/C70H42N12/c1-3-19-44(20-4-1)68-76-69(45-21-5-2-6-22-45)78-70(77-68)59-58(43-35-41-71-42-36-43)64(79-50-27-11-7-23-46(50)60-54(79)31-15-37-72-60)66(81-52-29-13-9-25-48(52)62-56(81)33-17-39-74-62)67(82-53-30-14-10-26-49(53)63-57(82)34-18-40-75-63)65(59)80-51-28-12-8-24-47(51)61-55(80)32-16-38-73-61/h1-42H. The molecule has 0 bridgehead atoms. The zero-order chi connectivity index (χ0) is 53.8. The van der Waals surface area contributed by atoms with Crippen molar-refractivity contribution in [2.45, 2.75) is 0 Å². The number of hydrogen-bond donors (Lipinski definition) is 0. The second-order valence-corrected chi connectivity index (χ2v) is 20.3. The lowest BCUT2D eigenvalue weighted by atomic mass is 9.91. The topological polar surface area (TPSA) is 123 Å². The molecular weight excluding hydrogens is 1010 g/mol. The highest BCUT2D eigenvalue weighted by atomic mass is 15.2. The molecule has 0 amide bonds. The molecule has 0 aliphatic heterocycles. The normalized spacial score (nSPS) is 11.9. The third-order valence-electron chi connectivity index (χ3n) is 15.9. The summed E-state index contributed by atoms with van der Waals surface area (Å²) in [5.41, 5.74) is 18.2. The van der Waals surface area contributed by atoms with Crippen molar-refractivity contribution in [2.75, 3.05) is 0 Å². The monoisotopic (exact) mass is 1050 g/mol. The molecule has 0 saturated carbocycles. The number of hydrogen-bond acceptors (Lipinski definition) is 8. The van der Waals surface area contributed by atoms with Crippen LogP contribution < -0.4 is 0 Å². The van der Waals surface area contributed by atoms with Crippen molar-refractivity contribution in [3.8, 4) is 68.0 Å². The smallest absolute Gasteiger partial charge is 0.166 e. The number of nitrogens with zero attached hydrogens (tertiary/aromatic N) is 12.